The Morgan fingerprint density at radius 2 is 2.00 bits per heavy atom. The van der Waals surface area contributed by atoms with Crippen LogP contribution in [0.4, 0.5) is 0 Å². The Morgan fingerprint density at radius 1 is 1.26 bits per heavy atom. The SMILES string of the molecule is N#C[C@@]1(NC(=O)[C@@H](CC(=O)N2CCOCC2)CC2CCCCC2)CCNC1. The molecule has 0 aromatic carbocycles. The predicted molar refractivity (Wildman–Crippen MR) is 101 cm³/mol. The van der Waals surface area contributed by atoms with Crippen molar-refractivity contribution in [3.63, 3.8) is 0 Å². The minimum atomic E-state index is -0.829. The lowest BCUT2D eigenvalue weighted by Crippen LogP contribution is -2.52. The van der Waals surface area contributed by atoms with Crippen molar-refractivity contribution in [2.45, 2.75) is 56.9 Å². The van der Waals surface area contributed by atoms with Gasteiger partial charge in [-0.05, 0) is 25.3 Å². The fourth-order valence-corrected chi connectivity index (χ4v) is 4.52. The highest BCUT2D eigenvalue weighted by Crippen LogP contribution is 2.31. The Hall–Kier alpha value is -1.65. The van der Waals surface area contributed by atoms with Crippen LogP contribution < -0.4 is 10.6 Å². The van der Waals surface area contributed by atoms with E-state index in [1.54, 1.807) is 0 Å². The monoisotopic (exact) mass is 376 g/mol. The Morgan fingerprint density at radius 3 is 2.63 bits per heavy atom. The van der Waals surface area contributed by atoms with Crippen molar-refractivity contribution in [1.82, 2.24) is 15.5 Å². The molecule has 1 aliphatic carbocycles. The lowest BCUT2D eigenvalue weighted by atomic mass is 9.81. The first-order chi connectivity index (χ1) is 13.1. The number of morpholine rings is 1. The van der Waals surface area contributed by atoms with Crippen LogP contribution in [0.3, 0.4) is 0 Å². The van der Waals surface area contributed by atoms with Crippen LogP contribution in [0.25, 0.3) is 0 Å². The second kappa shape index (κ2) is 9.52. The first-order valence-electron chi connectivity index (χ1n) is 10.4. The Labute approximate surface area is 161 Å². The quantitative estimate of drug-likeness (QED) is 0.726. The molecule has 0 spiro atoms. The number of carbonyl (C=O) groups excluding carboxylic acids is 2. The van der Waals surface area contributed by atoms with Crippen LogP contribution in [0, 0.1) is 23.2 Å². The molecule has 27 heavy (non-hydrogen) atoms. The molecular weight excluding hydrogens is 344 g/mol. The molecule has 3 rings (SSSR count). The summed E-state index contributed by atoms with van der Waals surface area (Å²) in [4.78, 5) is 27.6. The molecule has 1 saturated carbocycles. The van der Waals surface area contributed by atoms with Gasteiger partial charge in [0.2, 0.25) is 11.8 Å². The summed E-state index contributed by atoms with van der Waals surface area (Å²) in [5.74, 6) is 0.0539. The van der Waals surface area contributed by atoms with E-state index >= 15 is 0 Å². The number of carbonyl (C=O) groups is 2. The molecular formula is C20H32N4O3. The Bertz CT molecular complexity index is 556. The van der Waals surface area contributed by atoms with Gasteiger partial charge in [-0.3, -0.25) is 9.59 Å². The number of nitriles is 1. The van der Waals surface area contributed by atoms with E-state index in [4.69, 9.17) is 4.74 Å². The van der Waals surface area contributed by atoms with Crippen molar-refractivity contribution in [2.24, 2.45) is 11.8 Å². The summed E-state index contributed by atoms with van der Waals surface area (Å²) in [5.41, 5.74) is -0.829. The zero-order valence-electron chi connectivity index (χ0n) is 16.2. The van der Waals surface area contributed by atoms with Crippen LogP contribution in [0.1, 0.15) is 51.4 Å². The fourth-order valence-electron chi connectivity index (χ4n) is 4.52. The highest BCUT2D eigenvalue weighted by atomic mass is 16.5. The molecule has 2 aliphatic heterocycles. The first-order valence-corrected chi connectivity index (χ1v) is 10.4. The summed E-state index contributed by atoms with van der Waals surface area (Å²) < 4.78 is 5.32. The van der Waals surface area contributed by atoms with Gasteiger partial charge in [0.1, 0.15) is 5.54 Å². The van der Waals surface area contributed by atoms with E-state index in [-0.39, 0.29) is 24.2 Å². The number of amides is 2. The maximum absolute atomic E-state index is 13.1. The van der Waals surface area contributed by atoms with E-state index in [9.17, 15) is 14.9 Å². The molecule has 150 valence electrons. The van der Waals surface area contributed by atoms with Gasteiger partial charge >= 0.3 is 0 Å². The fraction of sp³-hybridized carbons (Fsp3) is 0.850. The molecule has 0 aromatic rings. The molecule has 2 N–H and O–H groups in total. The van der Waals surface area contributed by atoms with Crippen LogP contribution in [-0.4, -0.2) is 61.6 Å². The molecule has 2 atom stereocenters. The predicted octanol–water partition coefficient (Wildman–Crippen LogP) is 1.19. The van der Waals surface area contributed by atoms with Crippen molar-refractivity contribution < 1.29 is 14.3 Å². The minimum Gasteiger partial charge on any atom is -0.378 e. The Kier molecular flexibility index (Phi) is 7.08. The van der Waals surface area contributed by atoms with Crippen LogP contribution in [0.5, 0.6) is 0 Å². The molecule has 0 radical (unpaired) electrons. The third kappa shape index (κ3) is 5.43. The maximum atomic E-state index is 13.1. The zero-order valence-corrected chi connectivity index (χ0v) is 16.2. The second-order valence-electron chi connectivity index (χ2n) is 8.24. The number of hydrogen-bond acceptors (Lipinski definition) is 5. The molecule has 3 fully saturated rings. The summed E-state index contributed by atoms with van der Waals surface area (Å²) in [6, 6.07) is 2.28. The maximum Gasteiger partial charge on any atom is 0.224 e. The summed E-state index contributed by atoms with van der Waals surface area (Å²) in [5, 5.41) is 15.7. The topological polar surface area (TPSA) is 94.5 Å². The van der Waals surface area contributed by atoms with E-state index in [0.717, 1.165) is 25.8 Å². The third-order valence-electron chi connectivity index (χ3n) is 6.23. The van der Waals surface area contributed by atoms with E-state index in [0.29, 0.717) is 45.2 Å². The molecule has 0 unspecified atom stereocenters. The van der Waals surface area contributed by atoms with Gasteiger partial charge in [-0.2, -0.15) is 5.26 Å². The second-order valence-corrected chi connectivity index (χ2v) is 8.24. The first kappa shape index (κ1) is 20.1. The molecule has 2 saturated heterocycles. The van der Waals surface area contributed by atoms with Crippen LogP contribution in [0.2, 0.25) is 0 Å². The van der Waals surface area contributed by atoms with E-state index in [2.05, 4.69) is 16.7 Å². The van der Waals surface area contributed by atoms with Crippen LogP contribution in [-0.2, 0) is 14.3 Å². The molecule has 2 amide bonds. The van der Waals surface area contributed by atoms with Crippen LogP contribution >= 0.6 is 0 Å². The average molecular weight is 377 g/mol. The molecule has 0 bridgehead atoms. The van der Waals surface area contributed by atoms with Gasteiger partial charge in [-0.25, -0.2) is 0 Å². The zero-order chi connectivity index (χ0) is 19.1. The molecule has 7 nitrogen and oxygen atoms in total. The number of hydrogen-bond donors (Lipinski definition) is 2. The van der Waals surface area contributed by atoms with Gasteiger partial charge in [0.05, 0.1) is 19.3 Å². The van der Waals surface area contributed by atoms with Gasteiger partial charge in [0.15, 0.2) is 0 Å². The minimum absolute atomic E-state index is 0.0322. The lowest BCUT2D eigenvalue weighted by Gasteiger charge is -2.31. The molecule has 0 aromatic heterocycles. The third-order valence-corrected chi connectivity index (χ3v) is 6.23. The van der Waals surface area contributed by atoms with Crippen molar-refractivity contribution in [3.8, 4) is 6.07 Å². The van der Waals surface area contributed by atoms with Crippen molar-refractivity contribution in [2.75, 3.05) is 39.4 Å². The number of nitrogens with one attached hydrogen (secondary N) is 2. The van der Waals surface area contributed by atoms with E-state index < -0.39 is 5.54 Å². The molecule has 7 heteroatoms. The van der Waals surface area contributed by atoms with Crippen molar-refractivity contribution >= 4 is 11.8 Å². The normalized spacial score (nSPS) is 27.7. The summed E-state index contributed by atoms with van der Waals surface area (Å²) >= 11 is 0. The van der Waals surface area contributed by atoms with Crippen molar-refractivity contribution in [3.05, 3.63) is 0 Å². The largest absolute Gasteiger partial charge is 0.378 e. The number of rotatable bonds is 6. The highest BCUT2D eigenvalue weighted by molar-refractivity contribution is 5.86. The molecule has 2 heterocycles. The number of ether oxygens (including phenoxy) is 1. The molecule has 3 aliphatic rings. The van der Waals surface area contributed by atoms with Crippen molar-refractivity contribution in [1.29, 1.82) is 5.26 Å². The summed E-state index contributed by atoms with van der Waals surface area (Å²) in [6.07, 6.45) is 7.56. The van der Waals surface area contributed by atoms with Gasteiger partial charge in [0.25, 0.3) is 0 Å². The highest BCUT2D eigenvalue weighted by Gasteiger charge is 2.38. The number of nitrogens with zero attached hydrogens (tertiary/aromatic N) is 2. The van der Waals surface area contributed by atoms with E-state index in [1.807, 2.05) is 4.90 Å². The van der Waals surface area contributed by atoms with Gasteiger partial charge in [-0.15, -0.1) is 0 Å². The Balaban J connectivity index is 1.65. The van der Waals surface area contributed by atoms with Gasteiger partial charge in [0, 0.05) is 32.0 Å². The van der Waals surface area contributed by atoms with Crippen LogP contribution in [0.15, 0.2) is 0 Å². The average Bonchev–Trinajstić information content (AvgIpc) is 3.18. The summed E-state index contributed by atoms with van der Waals surface area (Å²) in [7, 11) is 0. The van der Waals surface area contributed by atoms with Gasteiger partial charge in [-0.1, -0.05) is 32.1 Å². The lowest BCUT2D eigenvalue weighted by molar-refractivity contribution is -0.140. The van der Waals surface area contributed by atoms with E-state index in [1.165, 1.54) is 19.3 Å². The standard InChI is InChI=1S/C20H32N4O3/c21-14-20(6-7-22-15-20)23-19(26)17(12-16-4-2-1-3-5-16)13-18(25)24-8-10-27-11-9-24/h16-17,22H,1-13,15H2,(H,23,26)/t17-,20+/m1/s1. The van der Waals surface area contributed by atoms with Gasteiger partial charge < -0.3 is 20.3 Å². The summed E-state index contributed by atoms with van der Waals surface area (Å²) in [6.45, 7) is 3.53. The smallest absolute Gasteiger partial charge is 0.224 e.